The Morgan fingerprint density at radius 3 is 2.33 bits per heavy atom. The van der Waals surface area contributed by atoms with E-state index in [1.165, 1.54) is 0 Å². The average molecular weight is 170 g/mol. The van der Waals surface area contributed by atoms with Crippen LogP contribution in [0.4, 0.5) is 0 Å². The molecule has 2 N–H and O–H groups in total. The van der Waals surface area contributed by atoms with E-state index in [1.807, 2.05) is 6.92 Å². The first-order valence-electron chi connectivity index (χ1n) is 4.61. The van der Waals surface area contributed by atoms with E-state index in [-0.39, 0.29) is 17.6 Å². The topological polar surface area (TPSA) is 41.1 Å². The molecule has 1 heterocycles. The van der Waals surface area contributed by atoms with Crippen LogP contribution >= 0.6 is 0 Å². The summed E-state index contributed by atoms with van der Waals surface area (Å²) >= 11 is 0. The third-order valence-corrected chi connectivity index (χ3v) is 2.76. The van der Waals surface area contributed by atoms with Crippen LogP contribution in [-0.4, -0.2) is 17.6 Å². The van der Waals surface area contributed by atoms with Gasteiger partial charge < -0.3 is 5.32 Å². The van der Waals surface area contributed by atoms with Crippen molar-refractivity contribution < 1.29 is 4.79 Å². The lowest BCUT2D eigenvalue weighted by atomic mass is 9.94. The summed E-state index contributed by atoms with van der Waals surface area (Å²) in [4.78, 5) is 11.3. The zero-order chi connectivity index (χ0) is 9.35. The Morgan fingerprint density at radius 2 is 2.17 bits per heavy atom. The van der Waals surface area contributed by atoms with Crippen molar-refractivity contribution >= 4 is 5.91 Å². The van der Waals surface area contributed by atoms with E-state index in [4.69, 9.17) is 0 Å². The van der Waals surface area contributed by atoms with Crippen molar-refractivity contribution in [2.45, 2.75) is 45.8 Å². The molecule has 2 atom stereocenters. The lowest BCUT2D eigenvalue weighted by Crippen LogP contribution is -2.54. The number of hydrogen-bond acceptors (Lipinski definition) is 2. The summed E-state index contributed by atoms with van der Waals surface area (Å²) in [5.74, 6) is 0.543. The highest BCUT2D eigenvalue weighted by Gasteiger charge is 2.42. The van der Waals surface area contributed by atoms with Crippen LogP contribution < -0.4 is 10.6 Å². The number of nitrogens with one attached hydrogen (secondary N) is 2. The van der Waals surface area contributed by atoms with Gasteiger partial charge in [-0.1, -0.05) is 20.8 Å². The molecule has 2 unspecified atom stereocenters. The molecule has 1 rings (SSSR count). The van der Waals surface area contributed by atoms with Gasteiger partial charge in [0.1, 0.15) is 0 Å². The van der Waals surface area contributed by atoms with Gasteiger partial charge in [0.2, 0.25) is 5.91 Å². The average Bonchev–Trinajstić information content (AvgIpc) is 2.29. The highest BCUT2D eigenvalue weighted by molar-refractivity contribution is 5.84. The molecule has 1 aliphatic heterocycles. The number of hydrogen-bond donors (Lipinski definition) is 2. The van der Waals surface area contributed by atoms with Crippen molar-refractivity contribution in [3.8, 4) is 0 Å². The monoisotopic (exact) mass is 170 g/mol. The van der Waals surface area contributed by atoms with Gasteiger partial charge in [0.25, 0.3) is 0 Å². The van der Waals surface area contributed by atoms with Gasteiger partial charge in [0.05, 0.1) is 11.7 Å². The molecule has 1 aliphatic rings. The summed E-state index contributed by atoms with van der Waals surface area (Å²) < 4.78 is 0. The molecular weight excluding hydrogens is 152 g/mol. The second-order valence-electron chi connectivity index (χ2n) is 3.83. The maximum absolute atomic E-state index is 11.3. The molecule has 0 aromatic carbocycles. The number of carbonyl (C=O) groups excluding carboxylic acids is 1. The summed E-state index contributed by atoms with van der Waals surface area (Å²) in [6, 6.07) is -0.0488. The molecule has 70 valence electrons. The van der Waals surface area contributed by atoms with Crippen LogP contribution in [-0.2, 0) is 4.79 Å². The van der Waals surface area contributed by atoms with Crippen LogP contribution in [0.25, 0.3) is 0 Å². The van der Waals surface area contributed by atoms with Crippen molar-refractivity contribution in [3.05, 3.63) is 0 Å². The maximum Gasteiger partial charge on any atom is 0.238 e. The Kier molecular flexibility index (Phi) is 2.42. The molecule has 0 saturated carbocycles. The van der Waals surface area contributed by atoms with Crippen molar-refractivity contribution in [1.82, 2.24) is 10.6 Å². The molecule has 1 saturated heterocycles. The summed E-state index contributed by atoms with van der Waals surface area (Å²) in [5, 5.41) is 6.32. The minimum atomic E-state index is -0.170. The van der Waals surface area contributed by atoms with Crippen LogP contribution in [0.1, 0.15) is 34.1 Å². The van der Waals surface area contributed by atoms with Crippen LogP contribution in [0, 0.1) is 5.92 Å². The fourth-order valence-corrected chi connectivity index (χ4v) is 1.73. The van der Waals surface area contributed by atoms with Gasteiger partial charge in [-0.2, -0.15) is 0 Å². The van der Waals surface area contributed by atoms with Crippen LogP contribution in [0.2, 0.25) is 0 Å². The minimum Gasteiger partial charge on any atom is -0.336 e. The molecule has 1 fully saturated rings. The van der Waals surface area contributed by atoms with Crippen LogP contribution in [0.3, 0.4) is 0 Å². The Morgan fingerprint density at radius 1 is 1.58 bits per heavy atom. The highest BCUT2D eigenvalue weighted by atomic mass is 16.2. The lowest BCUT2D eigenvalue weighted by molar-refractivity contribution is -0.120. The van der Waals surface area contributed by atoms with Gasteiger partial charge >= 0.3 is 0 Å². The molecule has 0 radical (unpaired) electrons. The van der Waals surface area contributed by atoms with Crippen molar-refractivity contribution in [1.29, 1.82) is 0 Å². The first-order valence-corrected chi connectivity index (χ1v) is 4.61. The first kappa shape index (κ1) is 9.52. The molecule has 0 bridgehead atoms. The van der Waals surface area contributed by atoms with E-state index >= 15 is 0 Å². The van der Waals surface area contributed by atoms with E-state index in [1.54, 1.807) is 0 Å². The molecule has 1 amide bonds. The van der Waals surface area contributed by atoms with Crippen molar-refractivity contribution in [3.63, 3.8) is 0 Å². The second-order valence-corrected chi connectivity index (χ2v) is 3.83. The third kappa shape index (κ3) is 1.33. The van der Waals surface area contributed by atoms with E-state index in [9.17, 15) is 4.79 Å². The Hall–Kier alpha value is -0.570. The molecule has 3 nitrogen and oxygen atoms in total. The van der Waals surface area contributed by atoms with Crippen LogP contribution in [0.5, 0.6) is 0 Å². The fourth-order valence-electron chi connectivity index (χ4n) is 1.73. The fraction of sp³-hybridized carbons (Fsp3) is 0.889. The summed E-state index contributed by atoms with van der Waals surface area (Å²) in [5.41, 5.74) is -0.170. The molecule has 0 aromatic heterocycles. The van der Waals surface area contributed by atoms with Gasteiger partial charge in [0, 0.05) is 0 Å². The van der Waals surface area contributed by atoms with Gasteiger partial charge in [0.15, 0.2) is 0 Å². The smallest absolute Gasteiger partial charge is 0.238 e. The molecular formula is C9H18N2O. The van der Waals surface area contributed by atoms with Crippen LogP contribution in [0.15, 0.2) is 0 Å². The normalized spacial score (nSPS) is 35.8. The van der Waals surface area contributed by atoms with E-state index in [0.717, 1.165) is 6.42 Å². The molecule has 0 spiro atoms. The molecule has 3 heteroatoms. The maximum atomic E-state index is 11.3. The summed E-state index contributed by atoms with van der Waals surface area (Å²) in [6.07, 6.45) is 0.931. The standard InChI is InChI=1S/C9H18N2O/c1-5-9(6(2)3)10-7(4)8(12)11-9/h6-7,10H,5H2,1-4H3,(H,11,12). The predicted octanol–water partition coefficient (Wildman–Crippen LogP) is 0.857. The van der Waals surface area contributed by atoms with E-state index in [0.29, 0.717) is 5.92 Å². The minimum absolute atomic E-state index is 0.0488. The Labute approximate surface area is 73.9 Å². The highest BCUT2D eigenvalue weighted by Crippen LogP contribution is 2.22. The Bertz CT molecular complexity index is 191. The SMILES string of the molecule is CCC1(C(C)C)NC(=O)C(C)N1. The van der Waals surface area contributed by atoms with E-state index in [2.05, 4.69) is 31.4 Å². The van der Waals surface area contributed by atoms with E-state index < -0.39 is 0 Å². The van der Waals surface area contributed by atoms with Gasteiger partial charge in [-0.15, -0.1) is 0 Å². The second kappa shape index (κ2) is 3.05. The zero-order valence-corrected chi connectivity index (χ0v) is 8.27. The molecule has 0 aromatic rings. The Balaban J connectivity index is 2.78. The predicted molar refractivity (Wildman–Crippen MR) is 48.6 cm³/mol. The summed E-state index contributed by atoms with van der Waals surface area (Å²) in [7, 11) is 0. The summed E-state index contributed by atoms with van der Waals surface area (Å²) in [6.45, 7) is 8.23. The molecule has 12 heavy (non-hydrogen) atoms. The third-order valence-electron chi connectivity index (χ3n) is 2.76. The van der Waals surface area contributed by atoms with Gasteiger partial charge in [-0.05, 0) is 19.3 Å². The van der Waals surface area contributed by atoms with Crippen molar-refractivity contribution in [2.24, 2.45) is 5.92 Å². The largest absolute Gasteiger partial charge is 0.336 e. The zero-order valence-electron chi connectivity index (χ0n) is 8.27. The molecule has 0 aliphatic carbocycles. The number of rotatable bonds is 2. The van der Waals surface area contributed by atoms with Gasteiger partial charge in [-0.25, -0.2) is 0 Å². The number of amides is 1. The van der Waals surface area contributed by atoms with Gasteiger partial charge in [-0.3, -0.25) is 10.1 Å². The lowest BCUT2D eigenvalue weighted by Gasteiger charge is -2.32. The van der Waals surface area contributed by atoms with Crippen molar-refractivity contribution in [2.75, 3.05) is 0 Å². The first-order chi connectivity index (χ1) is 5.52. The number of carbonyl (C=O) groups is 1. The quantitative estimate of drug-likeness (QED) is 0.645.